The zero-order chi connectivity index (χ0) is 9.19. The molecule has 0 radical (unpaired) electrons. The third-order valence-electron chi connectivity index (χ3n) is 1.40. The highest BCUT2D eigenvalue weighted by Crippen LogP contribution is 2.04. The van der Waals surface area contributed by atoms with Crippen molar-refractivity contribution in [3.8, 4) is 6.07 Å². The minimum absolute atomic E-state index is 0.114. The van der Waals surface area contributed by atoms with Crippen molar-refractivity contribution in [2.24, 2.45) is 0 Å². The second-order valence-corrected chi connectivity index (χ2v) is 4.11. The van der Waals surface area contributed by atoms with Crippen molar-refractivity contribution in [2.45, 2.75) is 0 Å². The lowest BCUT2D eigenvalue weighted by molar-refractivity contribution is 0.236. The molecule has 1 aliphatic heterocycles. The Morgan fingerprint density at radius 3 is 2.75 bits per heavy atom. The fourth-order valence-electron chi connectivity index (χ4n) is 0.879. The second kappa shape index (κ2) is 2.98. The van der Waals surface area contributed by atoms with Crippen LogP contribution in [0.1, 0.15) is 0 Å². The predicted octanol–water partition coefficient (Wildman–Crippen LogP) is -1.14. The Morgan fingerprint density at radius 2 is 2.33 bits per heavy atom. The molecule has 0 saturated carbocycles. The molecule has 6 nitrogen and oxygen atoms in total. The fourth-order valence-corrected chi connectivity index (χ4v) is 1.88. The van der Waals surface area contributed by atoms with Gasteiger partial charge in [-0.1, -0.05) is 0 Å². The van der Waals surface area contributed by atoms with Crippen molar-refractivity contribution in [2.75, 3.05) is 18.8 Å². The Morgan fingerprint density at radius 1 is 1.67 bits per heavy atom. The van der Waals surface area contributed by atoms with Crippen LogP contribution in [-0.2, 0) is 10.0 Å². The van der Waals surface area contributed by atoms with E-state index in [4.69, 9.17) is 5.26 Å². The molecule has 0 bridgehead atoms. The fraction of sp³-hybridized carbons (Fsp3) is 0.600. The number of hydrogen-bond acceptors (Lipinski definition) is 4. The van der Waals surface area contributed by atoms with Crippen LogP contribution in [0.15, 0.2) is 0 Å². The number of urea groups is 1. The summed E-state index contributed by atoms with van der Waals surface area (Å²) in [6, 6.07) is 0.848. The normalized spacial score (nSPS) is 17.2. The Hall–Kier alpha value is -1.29. The van der Waals surface area contributed by atoms with Crippen LogP contribution in [0.25, 0.3) is 0 Å². The topological polar surface area (TPSA) is 90.3 Å². The van der Waals surface area contributed by atoms with Crippen molar-refractivity contribution < 1.29 is 13.2 Å². The number of hydrogen-bond donors (Lipinski definition) is 1. The summed E-state index contributed by atoms with van der Waals surface area (Å²) in [5.41, 5.74) is 0. The lowest BCUT2D eigenvalue weighted by Crippen LogP contribution is -2.35. The van der Waals surface area contributed by atoms with E-state index in [1.807, 2.05) is 0 Å². The Kier molecular flexibility index (Phi) is 2.19. The summed E-state index contributed by atoms with van der Waals surface area (Å²) in [5, 5.41) is 10.5. The summed E-state index contributed by atoms with van der Waals surface area (Å²) >= 11 is 0. The number of nitrogens with one attached hydrogen (secondary N) is 1. The van der Waals surface area contributed by atoms with E-state index in [-0.39, 0.29) is 6.54 Å². The second-order valence-electron chi connectivity index (χ2n) is 2.22. The first-order chi connectivity index (χ1) is 5.58. The molecule has 0 spiro atoms. The van der Waals surface area contributed by atoms with E-state index in [2.05, 4.69) is 5.32 Å². The van der Waals surface area contributed by atoms with E-state index in [9.17, 15) is 13.2 Å². The van der Waals surface area contributed by atoms with Crippen molar-refractivity contribution >= 4 is 16.1 Å². The maximum atomic E-state index is 11.1. The van der Waals surface area contributed by atoms with Gasteiger partial charge in [0.2, 0.25) is 0 Å². The van der Waals surface area contributed by atoms with Gasteiger partial charge in [0.1, 0.15) is 0 Å². The number of rotatable bonds is 2. The highest BCUT2D eigenvalue weighted by molar-refractivity contribution is 7.89. The maximum Gasteiger partial charge on any atom is 0.331 e. The molecule has 0 atom stereocenters. The Labute approximate surface area is 69.8 Å². The van der Waals surface area contributed by atoms with E-state index in [0.717, 1.165) is 0 Å². The molecule has 0 unspecified atom stereocenters. The van der Waals surface area contributed by atoms with E-state index < -0.39 is 21.8 Å². The van der Waals surface area contributed by atoms with Gasteiger partial charge in [0.25, 0.3) is 10.0 Å². The molecule has 1 N–H and O–H groups in total. The molecule has 1 saturated heterocycles. The Bertz CT molecular complexity index is 328. The van der Waals surface area contributed by atoms with Crippen LogP contribution in [0.5, 0.6) is 0 Å². The van der Waals surface area contributed by atoms with Crippen molar-refractivity contribution in [1.29, 1.82) is 5.26 Å². The molecule has 1 rings (SSSR count). The van der Waals surface area contributed by atoms with Crippen molar-refractivity contribution in [3.05, 3.63) is 0 Å². The molecule has 1 aliphatic rings. The Balaban J connectivity index is 2.83. The van der Waals surface area contributed by atoms with Crippen molar-refractivity contribution in [3.63, 3.8) is 0 Å². The van der Waals surface area contributed by atoms with E-state index in [0.29, 0.717) is 10.8 Å². The molecule has 0 aromatic rings. The lowest BCUT2D eigenvalue weighted by atomic mass is 10.7. The van der Waals surface area contributed by atoms with Gasteiger partial charge in [-0.25, -0.2) is 17.5 Å². The first-order valence-electron chi connectivity index (χ1n) is 3.23. The number of amides is 2. The average Bonchev–Trinajstić information content (AvgIpc) is 2.35. The number of carbonyl (C=O) groups excluding carboxylic acids is 1. The van der Waals surface area contributed by atoms with Crippen LogP contribution in [0.4, 0.5) is 4.79 Å². The molecule has 1 fully saturated rings. The van der Waals surface area contributed by atoms with Gasteiger partial charge in [0.05, 0.1) is 12.6 Å². The number of nitriles is 1. The number of sulfonamides is 1. The molecular weight excluding hydrogens is 182 g/mol. The van der Waals surface area contributed by atoms with Gasteiger partial charge in [-0.2, -0.15) is 5.26 Å². The number of carbonyl (C=O) groups is 1. The van der Waals surface area contributed by atoms with Crippen LogP contribution in [0.2, 0.25) is 0 Å². The molecule has 12 heavy (non-hydrogen) atoms. The van der Waals surface area contributed by atoms with Gasteiger partial charge in [-0.15, -0.1) is 0 Å². The smallest absolute Gasteiger partial charge is 0.331 e. The van der Waals surface area contributed by atoms with Crippen LogP contribution >= 0.6 is 0 Å². The molecule has 0 aromatic carbocycles. The van der Waals surface area contributed by atoms with Crippen molar-refractivity contribution in [1.82, 2.24) is 9.62 Å². The van der Waals surface area contributed by atoms with Crippen LogP contribution in [0.3, 0.4) is 0 Å². The van der Waals surface area contributed by atoms with E-state index in [1.54, 1.807) is 0 Å². The zero-order valence-electron chi connectivity index (χ0n) is 6.15. The first kappa shape index (κ1) is 8.80. The minimum Gasteiger partial charge on any atom is -0.335 e. The summed E-state index contributed by atoms with van der Waals surface area (Å²) in [6.45, 7) is 0.423. The molecule has 66 valence electrons. The lowest BCUT2D eigenvalue weighted by Gasteiger charge is -2.11. The first-order valence-corrected chi connectivity index (χ1v) is 4.84. The molecule has 0 aliphatic carbocycles. The number of nitrogens with zero attached hydrogens (tertiary/aromatic N) is 2. The summed E-state index contributed by atoms with van der Waals surface area (Å²) < 4.78 is 22.8. The van der Waals surface area contributed by atoms with Gasteiger partial charge in [0.15, 0.2) is 5.75 Å². The molecular formula is C5H7N3O3S. The summed E-state index contributed by atoms with van der Waals surface area (Å²) in [7, 11) is -3.70. The summed E-state index contributed by atoms with van der Waals surface area (Å²) in [6.07, 6.45) is 0. The maximum absolute atomic E-state index is 11.1. The summed E-state index contributed by atoms with van der Waals surface area (Å²) in [5.74, 6) is -0.652. The monoisotopic (exact) mass is 189 g/mol. The van der Waals surface area contributed by atoms with Crippen LogP contribution < -0.4 is 5.32 Å². The molecule has 2 amide bonds. The third kappa shape index (κ3) is 1.48. The standard InChI is InChI=1S/C5H7N3O3S/c6-1-4-12(10,11)8-3-2-7-5(8)9/h2-4H2,(H,7,9). The largest absolute Gasteiger partial charge is 0.335 e. The SMILES string of the molecule is N#CCS(=O)(=O)N1CCNC1=O. The molecule has 7 heteroatoms. The molecule has 1 heterocycles. The van der Waals surface area contributed by atoms with E-state index in [1.165, 1.54) is 6.07 Å². The average molecular weight is 189 g/mol. The highest BCUT2D eigenvalue weighted by atomic mass is 32.2. The van der Waals surface area contributed by atoms with Gasteiger partial charge >= 0.3 is 6.03 Å². The third-order valence-corrected chi connectivity index (χ3v) is 2.91. The van der Waals surface area contributed by atoms with Gasteiger partial charge in [-0.3, -0.25) is 0 Å². The van der Waals surface area contributed by atoms with Gasteiger partial charge in [-0.05, 0) is 0 Å². The summed E-state index contributed by atoms with van der Waals surface area (Å²) in [4.78, 5) is 10.8. The van der Waals surface area contributed by atoms with Gasteiger partial charge in [0, 0.05) is 6.54 Å². The predicted molar refractivity (Wildman–Crippen MR) is 39.5 cm³/mol. The highest BCUT2D eigenvalue weighted by Gasteiger charge is 2.30. The van der Waals surface area contributed by atoms with Crippen LogP contribution in [0, 0.1) is 11.3 Å². The van der Waals surface area contributed by atoms with Crippen LogP contribution in [-0.4, -0.2) is 37.6 Å². The minimum atomic E-state index is -3.70. The van der Waals surface area contributed by atoms with E-state index >= 15 is 0 Å². The zero-order valence-corrected chi connectivity index (χ0v) is 6.97. The molecule has 0 aromatic heterocycles. The van der Waals surface area contributed by atoms with Gasteiger partial charge < -0.3 is 5.32 Å². The quantitative estimate of drug-likeness (QED) is 0.594.